The molecule has 2 atom stereocenters. The summed E-state index contributed by atoms with van der Waals surface area (Å²) in [5, 5.41) is 3.05. The van der Waals surface area contributed by atoms with Gasteiger partial charge in [0.25, 0.3) is 0 Å². The number of esters is 2. The quantitative estimate of drug-likeness (QED) is 0.506. The highest BCUT2D eigenvalue weighted by Crippen LogP contribution is 2.34. The van der Waals surface area contributed by atoms with Gasteiger partial charge in [-0.25, -0.2) is 9.59 Å². The first kappa shape index (κ1) is 23.1. The Morgan fingerprint density at radius 1 is 1.24 bits per heavy atom. The SMILES string of the molecule is C=CCOC(=O)c1sc(NC(=O)CN2C[C@@H](C)O[C@@H](C)C2)c(C(=O)OCC)c1C. The van der Waals surface area contributed by atoms with E-state index in [2.05, 4.69) is 11.9 Å². The molecule has 0 aromatic carbocycles. The lowest BCUT2D eigenvalue weighted by atomic mass is 10.1. The van der Waals surface area contributed by atoms with Gasteiger partial charge in [0.2, 0.25) is 5.91 Å². The molecular weight excluding hydrogens is 396 g/mol. The Hall–Kier alpha value is -2.23. The standard InChI is InChI=1S/C20H28N2O6S/c1-6-8-27-20(25)17-14(5)16(19(24)26-7-2)18(29-17)21-15(23)11-22-9-12(3)28-13(4)10-22/h6,12-13H,1,7-11H2,2-5H3,(H,21,23)/t12-,13+. The smallest absolute Gasteiger partial charge is 0.348 e. The first-order valence-corrected chi connectivity index (χ1v) is 10.3. The summed E-state index contributed by atoms with van der Waals surface area (Å²) in [5.41, 5.74) is 0.603. The predicted octanol–water partition coefficient (Wildman–Crippen LogP) is 2.62. The van der Waals surface area contributed by atoms with E-state index in [0.717, 1.165) is 11.3 Å². The van der Waals surface area contributed by atoms with Crippen LogP contribution in [0.2, 0.25) is 0 Å². The van der Waals surface area contributed by atoms with Crippen molar-refractivity contribution in [2.24, 2.45) is 0 Å². The molecule has 8 nitrogen and oxygen atoms in total. The molecule has 0 saturated carbocycles. The van der Waals surface area contributed by atoms with Gasteiger partial charge in [0, 0.05) is 13.1 Å². The zero-order valence-electron chi connectivity index (χ0n) is 17.3. The van der Waals surface area contributed by atoms with Crippen molar-refractivity contribution in [3.63, 3.8) is 0 Å². The molecule has 1 aromatic heterocycles. The van der Waals surface area contributed by atoms with Crippen LogP contribution in [0.4, 0.5) is 5.00 Å². The van der Waals surface area contributed by atoms with Gasteiger partial charge < -0.3 is 19.5 Å². The normalized spacial score (nSPS) is 19.4. The van der Waals surface area contributed by atoms with E-state index in [1.165, 1.54) is 6.08 Å². The second-order valence-electron chi connectivity index (χ2n) is 6.87. The molecule has 2 rings (SSSR count). The minimum atomic E-state index is -0.590. The van der Waals surface area contributed by atoms with E-state index in [4.69, 9.17) is 14.2 Å². The number of anilines is 1. The molecule has 1 aromatic rings. The predicted molar refractivity (Wildman–Crippen MR) is 111 cm³/mol. The zero-order valence-corrected chi connectivity index (χ0v) is 18.1. The summed E-state index contributed by atoms with van der Waals surface area (Å²) >= 11 is 1.01. The number of thiophene rings is 1. The van der Waals surface area contributed by atoms with Crippen LogP contribution in [-0.2, 0) is 19.0 Å². The number of ether oxygens (including phenoxy) is 3. The molecule has 0 unspecified atom stereocenters. The molecule has 160 valence electrons. The summed E-state index contributed by atoms with van der Waals surface area (Å²) in [4.78, 5) is 39.6. The van der Waals surface area contributed by atoms with Crippen LogP contribution in [0.1, 0.15) is 46.4 Å². The van der Waals surface area contributed by atoms with Crippen molar-refractivity contribution in [2.75, 3.05) is 38.2 Å². The number of rotatable bonds is 8. The van der Waals surface area contributed by atoms with Crippen molar-refractivity contribution in [3.05, 3.63) is 28.7 Å². The van der Waals surface area contributed by atoms with E-state index in [0.29, 0.717) is 18.7 Å². The van der Waals surface area contributed by atoms with Gasteiger partial charge in [0.1, 0.15) is 16.5 Å². The lowest BCUT2D eigenvalue weighted by molar-refractivity contribution is -0.121. The minimum absolute atomic E-state index is 0.0388. The monoisotopic (exact) mass is 424 g/mol. The molecular formula is C20H28N2O6S. The first-order valence-electron chi connectivity index (χ1n) is 9.52. The maximum Gasteiger partial charge on any atom is 0.348 e. The van der Waals surface area contributed by atoms with Crippen LogP contribution < -0.4 is 5.32 Å². The molecule has 1 aliphatic rings. The molecule has 1 saturated heterocycles. The van der Waals surface area contributed by atoms with Gasteiger partial charge in [-0.1, -0.05) is 12.7 Å². The van der Waals surface area contributed by atoms with Gasteiger partial charge in [0.15, 0.2) is 0 Å². The van der Waals surface area contributed by atoms with Gasteiger partial charge in [-0.2, -0.15) is 0 Å². The minimum Gasteiger partial charge on any atom is -0.462 e. The molecule has 0 spiro atoms. The average molecular weight is 425 g/mol. The highest BCUT2D eigenvalue weighted by atomic mass is 32.1. The Morgan fingerprint density at radius 2 is 1.90 bits per heavy atom. The van der Waals surface area contributed by atoms with Crippen LogP contribution in [-0.4, -0.2) is 67.8 Å². The fraction of sp³-hybridized carbons (Fsp3) is 0.550. The van der Waals surface area contributed by atoms with E-state index in [-0.39, 0.29) is 53.3 Å². The zero-order chi connectivity index (χ0) is 21.6. The Balaban J connectivity index is 2.20. The molecule has 0 aliphatic carbocycles. The molecule has 2 heterocycles. The number of morpholine rings is 1. The number of nitrogens with one attached hydrogen (secondary N) is 1. The van der Waals surface area contributed by atoms with Crippen LogP contribution in [0.15, 0.2) is 12.7 Å². The van der Waals surface area contributed by atoms with E-state index in [1.807, 2.05) is 18.7 Å². The third kappa shape index (κ3) is 6.12. The number of carbonyl (C=O) groups excluding carboxylic acids is 3. The Morgan fingerprint density at radius 3 is 2.48 bits per heavy atom. The van der Waals surface area contributed by atoms with Gasteiger partial charge in [0.05, 0.1) is 30.9 Å². The van der Waals surface area contributed by atoms with Crippen molar-refractivity contribution < 1.29 is 28.6 Å². The summed E-state index contributed by atoms with van der Waals surface area (Å²) in [5.74, 6) is -1.44. The van der Waals surface area contributed by atoms with Crippen molar-refractivity contribution in [1.29, 1.82) is 0 Å². The summed E-state index contributed by atoms with van der Waals surface area (Å²) in [7, 11) is 0. The first-order chi connectivity index (χ1) is 13.8. The van der Waals surface area contributed by atoms with Crippen LogP contribution in [0.5, 0.6) is 0 Å². The molecule has 1 aliphatic heterocycles. The van der Waals surface area contributed by atoms with Crippen molar-refractivity contribution in [3.8, 4) is 0 Å². The van der Waals surface area contributed by atoms with E-state index in [9.17, 15) is 14.4 Å². The number of amides is 1. The summed E-state index contributed by atoms with van der Waals surface area (Å²) in [6.07, 6.45) is 1.54. The number of hydrogen-bond donors (Lipinski definition) is 1. The van der Waals surface area contributed by atoms with Crippen molar-refractivity contribution in [1.82, 2.24) is 4.90 Å². The Labute approximate surface area is 174 Å². The van der Waals surface area contributed by atoms with Gasteiger partial charge >= 0.3 is 11.9 Å². The van der Waals surface area contributed by atoms with Crippen LogP contribution in [0.3, 0.4) is 0 Å². The molecule has 0 bridgehead atoms. The maximum atomic E-state index is 12.6. The lowest BCUT2D eigenvalue weighted by Crippen LogP contribution is -2.48. The summed E-state index contributed by atoms with van der Waals surface area (Å²) < 4.78 is 15.9. The number of nitrogens with zero attached hydrogens (tertiary/aromatic N) is 1. The fourth-order valence-corrected chi connectivity index (χ4v) is 4.33. The van der Waals surface area contributed by atoms with Crippen molar-refractivity contribution in [2.45, 2.75) is 39.9 Å². The number of carbonyl (C=O) groups is 3. The highest BCUT2D eigenvalue weighted by molar-refractivity contribution is 7.18. The molecule has 9 heteroatoms. The summed E-state index contributed by atoms with van der Waals surface area (Å²) in [6, 6.07) is 0. The molecule has 0 radical (unpaired) electrons. The highest BCUT2D eigenvalue weighted by Gasteiger charge is 2.28. The van der Waals surface area contributed by atoms with Crippen LogP contribution in [0.25, 0.3) is 0 Å². The lowest BCUT2D eigenvalue weighted by Gasteiger charge is -2.34. The third-order valence-electron chi connectivity index (χ3n) is 4.26. The molecule has 1 amide bonds. The molecule has 1 N–H and O–H groups in total. The fourth-order valence-electron chi connectivity index (χ4n) is 3.23. The molecule has 1 fully saturated rings. The van der Waals surface area contributed by atoms with Gasteiger partial charge in [-0.3, -0.25) is 9.69 Å². The Kier molecular flexibility index (Phi) is 8.36. The van der Waals surface area contributed by atoms with E-state index < -0.39 is 11.9 Å². The second-order valence-corrected chi connectivity index (χ2v) is 7.89. The van der Waals surface area contributed by atoms with E-state index >= 15 is 0 Å². The van der Waals surface area contributed by atoms with E-state index in [1.54, 1.807) is 13.8 Å². The largest absolute Gasteiger partial charge is 0.462 e. The third-order valence-corrected chi connectivity index (χ3v) is 5.45. The second kappa shape index (κ2) is 10.5. The topological polar surface area (TPSA) is 94.2 Å². The molecule has 29 heavy (non-hydrogen) atoms. The number of hydrogen-bond acceptors (Lipinski definition) is 8. The van der Waals surface area contributed by atoms with Crippen LogP contribution in [0, 0.1) is 6.92 Å². The average Bonchev–Trinajstić information content (AvgIpc) is 2.94. The Bertz CT molecular complexity index is 765. The van der Waals surface area contributed by atoms with Crippen molar-refractivity contribution >= 4 is 34.2 Å². The van der Waals surface area contributed by atoms with Gasteiger partial charge in [-0.05, 0) is 33.3 Å². The van der Waals surface area contributed by atoms with Gasteiger partial charge in [-0.15, -0.1) is 11.3 Å². The maximum absolute atomic E-state index is 12.6. The van der Waals surface area contributed by atoms with Crippen LogP contribution >= 0.6 is 11.3 Å². The summed E-state index contributed by atoms with van der Waals surface area (Å²) in [6.45, 7) is 12.4.